The summed E-state index contributed by atoms with van der Waals surface area (Å²) in [6.45, 7) is 2.38. The number of rotatable bonds is 7. The molecule has 0 saturated heterocycles. The van der Waals surface area contributed by atoms with Gasteiger partial charge in [0.05, 0.1) is 28.5 Å². The third-order valence-corrected chi connectivity index (χ3v) is 4.69. The summed E-state index contributed by atoms with van der Waals surface area (Å²) in [5.74, 6) is 0.360. The average Bonchev–Trinajstić information content (AvgIpc) is 2.87. The monoisotopic (exact) mass is 368 g/mol. The number of nitrogens with one attached hydrogen (secondary N) is 1. The van der Waals surface area contributed by atoms with Gasteiger partial charge in [0, 0.05) is 4.88 Å². The van der Waals surface area contributed by atoms with E-state index >= 15 is 0 Å². The number of thiophene rings is 1. The molecule has 0 radical (unpaired) electrons. The number of anilines is 1. The first-order valence-electron chi connectivity index (χ1n) is 6.58. The second-order valence-electron chi connectivity index (χ2n) is 4.57. The van der Waals surface area contributed by atoms with E-state index in [0.29, 0.717) is 0 Å². The van der Waals surface area contributed by atoms with Crippen LogP contribution in [0, 0.1) is 0 Å². The van der Waals surface area contributed by atoms with Gasteiger partial charge in [-0.05, 0) is 47.1 Å². The normalized spacial score (nSPS) is 11.9. The molecule has 0 aliphatic carbocycles. The fraction of sp³-hybridized carbons (Fsp3) is 0.267. The Morgan fingerprint density at radius 2 is 2.14 bits per heavy atom. The predicted octanol–water partition coefficient (Wildman–Crippen LogP) is 3.94. The van der Waals surface area contributed by atoms with Crippen molar-refractivity contribution in [1.82, 2.24) is 0 Å². The van der Waals surface area contributed by atoms with E-state index in [1.165, 1.54) is 4.88 Å². The van der Waals surface area contributed by atoms with Gasteiger partial charge in [-0.15, -0.1) is 11.3 Å². The summed E-state index contributed by atoms with van der Waals surface area (Å²) in [7, 11) is 0. The minimum absolute atomic E-state index is 0.169. The Kier molecular flexibility index (Phi) is 5.64. The standard InChI is InChI=1S/C15H17BrN2O2S/c1-10(13-6-7-14(16)21-13)18-11-4-2-3-5-12(11)20-9-8-15(17)19/h2-7,10,18H,8-9H2,1H3,(H2,17,19). The van der Waals surface area contributed by atoms with Gasteiger partial charge in [-0.1, -0.05) is 12.1 Å². The smallest absolute Gasteiger partial charge is 0.220 e. The predicted molar refractivity (Wildman–Crippen MR) is 89.8 cm³/mol. The van der Waals surface area contributed by atoms with Crippen molar-refractivity contribution in [3.8, 4) is 5.75 Å². The molecule has 2 aromatic rings. The zero-order chi connectivity index (χ0) is 15.2. The van der Waals surface area contributed by atoms with E-state index in [2.05, 4.69) is 34.2 Å². The summed E-state index contributed by atoms with van der Waals surface area (Å²) in [5.41, 5.74) is 6.02. The Balaban J connectivity index is 2.03. The van der Waals surface area contributed by atoms with Crippen LogP contribution < -0.4 is 15.8 Å². The lowest BCUT2D eigenvalue weighted by Gasteiger charge is -2.17. The molecule has 4 nitrogen and oxygen atoms in total. The zero-order valence-corrected chi connectivity index (χ0v) is 14.0. The Morgan fingerprint density at radius 3 is 2.81 bits per heavy atom. The van der Waals surface area contributed by atoms with Gasteiger partial charge in [-0.3, -0.25) is 4.79 Å². The van der Waals surface area contributed by atoms with Gasteiger partial charge < -0.3 is 15.8 Å². The lowest BCUT2D eigenvalue weighted by molar-refractivity contribution is -0.118. The summed E-state index contributed by atoms with van der Waals surface area (Å²) in [5, 5.41) is 3.43. The number of hydrogen-bond acceptors (Lipinski definition) is 4. The number of amides is 1. The molecule has 1 atom stereocenters. The van der Waals surface area contributed by atoms with Crippen LogP contribution in [-0.2, 0) is 4.79 Å². The van der Waals surface area contributed by atoms with Crippen molar-refractivity contribution in [2.24, 2.45) is 5.73 Å². The third-order valence-electron chi connectivity index (χ3n) is 2.89. The Labute approximate surface area is 136 Å². The number of carbonyl (C=O) groups is 1. The summed E-state index contributed by atoms with van der Waals surface area (Å²) < 4.78 is 6.73. The minimum atomic E-state index is -0.364. The van der Waals surface area contributed by atoms with E-state index in [9.17, 15) is 4.79 Å². The molecule has 1 heterocycles. The Hall–Kier alpha value is -1.53. The van der Waals surface area contributed by atoms with Crippen molar-refractivity contribution in [3.05, 3.63) is 45.1 Å². The summed E-state index contributed by atoms with van der Waals surface area (Å²) in [4.78, 5) is 12.0. The first kappa shape index (κ1) is 15.9. The molecular weight excluding hydrogens is 352 g/mol. The molecule has 0 spiro atoms. The maximum Gasteiger partial charge on any atom is 0.220 e. The van der Waals surface area contributed by atoms with Crippen LogP contribution in [0.2, 0.25) is 0 Å². The number of ether oxygens (including phenoxy) is 1. The van der Waals surface area contributed by atoms with E-state index in [1.54, 1.807) is 11.3 Å². The molecule has 3 N–H and O–H groups in total. The van der Waals surface area contributed by atoms with Crippen molar-refractivity contribution >= 4 is 38.9 Å². The highest BCUT2D eigenvalue weighted by Crippen LogP contribution is 2.32. The Morgan fingerprint density at radius 1 is 1.38 bits per heavy atom. The number of primary amides is 1. The molecule has 1 aromatic heterocycles. The van der Waals surface area contributed by atoms with Crippen molar-refractivity contribution in [1.29, 1.82) is 0 Å². The topological polar surface area (TPSA) is 64.3 Å². The van der Waals surface area contributed by atoms with Crippen LogP contribution in [0.4, 0.5) is 5.69 Å². The quantitative estimate of drug-likeness (QED) is 0.777. The largest absolute Gasteiger partial charge is 0.491 e. The molecule has 0 saturated carbocycles. The number of nitrogens with two attached hydrogens (primary N) is 1. The second-order valence-corrected chi connectivity index (χ2v) is 7.06. The molecule has 1 amide bonds. The number of benzene rings is 1. The highest BCUT2D eigenvalue weighted by Gasteiger charge is 2.11. The molecule has 1 aromatic carbocycles. The van der Waals surface area contributed by atoms with Crippen molar-refractivity contribution in [3.63, 3.8) is 0 Å². The molecule has 1 unspecified atom stereocenters. The van der Waals surface area contributed by atoms with Crippen LogP contribution in [0.15, 0.2) is 40.2 Å². The van der Waals surface area contributed by atoms with E-state index in [4.69, 9.17) is 10.5 Å². The molecule has 0 fully saturated rings. The molecule has 112 valence electrons. The van der Waals surface area contributed by atoms with Crippen LogP contribution in [0.3, 0.4) is 0 Å². The van der Waals surface area contributed by atoms with Crippen LogP contribution in [-0.4, -0.2) is 12.5 Å². The van der Waals surface area contributed by atoms with Crippen molar-refractivity contribution in [2.45, 2.75) is 19.4 Å². The van der Waals surface area contributed by atoms with Gasteiger partial charge in [0.1, 0.15) is 5.75 Å². The SMILES string of the molecule is CC(Nc1ccccc1OCCC(N)=O)c1ccc(Br)s1. The van der Waals surface area contributed by atoms with Crippen LogP contribution in [0.5, 0.6) is 5.75 Å². The lowest BCUT2D eigenvalue weighted by Crippen LogP contribution is -2.15. The number of para-hydroxylation sites is 2. The molecule has 2 rings (SSSR count). The molecule has 21 heavy (non-hydrogen) atoms. The van der Waals surface area contributed by atoms with Gasteiger partial charge in [-0.25, -0.2) is 0 Å². The molecule has 0 aliphatic rings. The van der Waals surface area contributed by atoms with E-state index in [0.717, 1.165) is 15.2 Å². The molecular formula is C15H17BrN2O2S. The summed E-state index contributed by atoms with van der Waals surface area (Å²) >= 11 is 5.17. The van der Waals surface area contributed by atoms with Crippen molar-refractivity contribution < 1.29 is 9.53 Å². The zero-order valence-electron chi connectivity index (χ0n) is 11.6. The maximum absolute atomic E-state index is 10.8. The average molecular weight is 369 g/mol. The van der Waals surface area contributed by atoms with Gasteiger partial charge in [0.25, 0.3) is 0 Å². The summed E-state index contributed by atoms with van der Waals surface area (Å²) in [6.07, 6.45) is 0.210. The first-order chi connectivity index (χ1) is 10.1. The van der Waals surface area contributed by atoms with E-state index in [1.807, 2.05) is 30.3 Å². The second kappa shape index (κ2) is 7.47. The summed E-state index contributed by atoms with van der Waals surface area (Å²) in [6, 6.07) is 12.0. The van der Waals surface area contributed by atoms with Gasteiger partial charge in [-0.2, -0.15) is 0 Å². The fourth-order valence-corrected chi connectivity index (χ4v) is 3.26. The van der Waals surface area contributed by atoms with Gasteiger partial charge >= 0.3 is 0 Å². The molecule has 6 heteroatoms. The van der Waals surface area contributed by atoms with Gasteiger partial charge in [0.15, 0.2) is 0 Å². The third kappa shape index (κ3) is 4.75. The number of carbonyl (C=O) groups excluding carboxylic acids is 1. The number of hydrogen-bond donors (Lipinski definition) is 2. The molecule has 0 aliphatic heterocycles. The van der Waals surface area contributed by atoms with E-state index < -0.39 is 0 Å². The number of halogens is 1. The van der Waals surface area contributed by atoms with E-state index in [-0.39, 0.29) is 25.0 Å². The lowest BCUT2D eigenvalue weighted by atomic mass is 10.2. The maximum atomic E-state index is 10.8. The van der Waals surface area contributed by atoms with Crippen LogP contribution in [0.1, 0.15) is 24.3 Å². The molecule has 0 bridgehead atoms. The Bertz CT molecular complexity index is 615. The van der Waals surface area contributed by atoms with Crippen LogP contribution in [0.25, 0.3) is 0 Å². The van der Waals surface area contributed by atoms with Crippen LogP contribution >= 0.6 is 27.3 Å². The first-order valence-corrected chi connectivity index (χ1v) is 8.19. The highest BCUT2D eigenvalue weighted by atomic mass is 79.9. The van der Waals surface area contributed by atoms with Gasteiger partial charge in [0.2, 0.25) is 5.91 Å². The fourth-order valence-electron chi connectivity index (χ4n) is 1.84. The van der Waals surface area contributed by atoms with Crippen molar-refractivity contribution in [2.75, 3.05) is 11.9 Å². The highest BCUT2D eigenvalue weighted by molar-refractivity contribution is 9.11. The minimum Gasteiger partial charge on any atom is -0.491 e.